The van der Waals surface area contributed by atoms with Gasteiger partial charge in [-0.3, -0.25) is 0 Å². The van der Waals surface area contributed by atoms with E-state index in [2.05, 4.69) is 5.32 Å². The Labute approximate surface area is 192 Å². The van der Waals surface area contributed by atoms with Gasteiger partial charge in [-0.1, -0.05) is 51.1 Å². The van der Waals surface area contributed by atoms with Crippen LogP contribution in [0.15, 0.2) is 57.7 Å². The molecule has 1 amide bonds. The Morgan fingerprint density at radius 1 is 1.09 bits per heavy atom. The van der Waals surface area contributed by atoms with Crippen LogP contribution in [0.25, 0.3) is 11.0 Å². The molecule has 7 heteroatoms. The number of rotatable bonds is 8. The van der Waals surface area contributed by atoms with E-state index in [0.717, 1.165) is 16.5 Å². The zero-order valence-electron chi connectivity index (χ0n) is 19.3. The predicted octanol–water partition coefficient (Wildman–Crippen LogP) is 4.91. The fourth-order valence-electron chi connectivity index (χ4n) is 3.58. The molecular weight excluding hydrogens is 422 g/mol. The van der Waals surface area contributed by atoms with Crippen molar-refractivity contribution in [1.82, 2.24) is 5.32 Å². The lowest BCUT2D eigenvalue weighted by Gasteiger charge is -2.20. The number of fused-ring (bicyclic) bond motifs is 1. The summed E-state index contributed by atoms with van der Waals surface area (Å²) < 4.78 is 16.3. The van der Waals surface area contributed by atoms with Gasteiger partial charge in [-0.15, -0.1) is 0 Å². The third-order valence-corrected chi connectivity index (χ3v) is 5.28. The lowest BCUT2D eigenvalue weighted by Crippen LogP contribution is -2.44. The van der Waals surface area contributed by atoms with E-state index >= 15 is 0 Å². The highest BCUT2D eigenvalue weighted by Crippen LogP contribution is 2.29. The van der Waals surface area contributed by atoms with Gasteiger partial charge in [0.25, 0.3) is 0 Å². The van der Waals surface area contributed by atoms with Crippen LogP contribution in [0.1, 0.15) is 43.9 Å². The van der Waals surface area contributed by atoms with E-state index in [-0.39, 0.29) is 18.3 Å². The molecule has 0 saturated carbocycles. The highest BCUT2D eigenvalue weighted by atomic mass is 16.6. The van der Waals surface area contributed by atoms with Gasteiger partial charge in [0.15, 0.2) is 0 Å². The number of aryl methyl sites for hydroxylation is 2. The van der Waals surface area contributed by atoms with Crippen LogP contribution < -0.4 is 15.7 Å². The minimum Gasteiger partial charge on any atom is -0.445 e. The molecule has 0 bridgehead atoms. The summed E-state index contributed by atoms with van der Waals surface area (Å²) in [4.78, 5) is 37.2. The van der Waals surface area contributed by atoms with Gasteiger partial charge in [0.1, 0.15) is 24.0 Å². The Bertz CT molecular complexity index is 1180. The van der Waals surface area contributed by atoms with Gasteiger partial charge in [-0.2, -0.15) is 0 Å². The second-order valence-electron chi connectivity index (χ2n) is 8.32. The van der Waals surface area contributed by atoms with E-state index in [1.807, 2.05) is 51.1 Å². The normalized spacial score (nSPS) is 11.9. The molecule has 0 aliphatic rings. The monoisotopic (exact) mass is 451 g/mol. The highest BCUT2D eigenvalue weighted by Gasteiger charge is 2.26. The van der Waals surface area contributed by atoms with Crippen LogP contribution >= 0.6 is 0 Å². The van der Waals surface area contributed by atoms with Crippen molar-refractivity contribution in [3.05, 3.63) is 75.6 Å². The number of ether oxygens (including phenoxy) is 2. The van der Waals surface area contributed by atoms with E-state index in [0.29, 0.717) is 24.0 Å². The van der Waals surface area contributed by atoms with E-state index in [1.54, 1.807) is 19.1 Å². The van der Waals surface area contributed by atoms with Crippen molar-refractivity contribution < 1.29 is 23.5 Å². The van der Waals surface area contributed by atoms with E-state index in [9.17, 15) is 14.4 Å². The standard InChI is InChI=1S/C26H29NO6/c1-5-19-14-23(28)33-24-17(4)22(12-11-20(19)24)32-25(29)21(13-16(2)3)27-26(30)31-15-18-9-7-6-8-10-18/h6-12,14,16,21H,5,13,15H2,1-4H3,(H,27,30)/t21-/m0/s1. The van der Waals surface area contributed by atoms with Gasteiger partial charge < -0.3 is 19.2 Å². The predicted molar refractivity (Wildman–Crippen MR) is 125 cm³/mol. The van der Waals surface area contributed by atoms with Crippen LogP contribution in [0.2, 0.25) is 0 Å². The first kappa shape index (κ1) is 24.0. The zero-order chi connectivity index (χ0) is 24.0. The smallest absolute Gasteiger partial charge is 0.408 e. The number of esters is 1. The number of benzene rings is 2. The fourth-order valence-corrected chi connectivity index (χ4v) is 3.58. The first-order valence-electron chi connectivity index (χ1n) is 11.0. The highest BCUT2D eigenvalue weighted by molar-refractivity contribution is 5.87. The molecular formula is C26H29NO6. The summed E-state index contributed by atoms with van der Waals surface area (Å²) in [6, 6.07) is 13.3. The van der Waals surface area contributed by atoms with Gasteiger partial charge in [0.05, 0.1) is 0 Å². The Kier molecular flexibility index (Phi) is 7.87. The SMILES string of the molecule is CCc1cc(=O)oc2c(C)c(OC(=O)[C@H](CC(C)C)NC(=O)OCc3ccccc3)ccc12. The largest absolute Gasteiger partial charge is 0.445 e. The maximum Gasteiger partial charge on any atom is 0.408 e. The van der Waals surface area contributed by atoms with Gasteiger partial charge in [-0.25, -0.2) is 14.4 Å². The van der Waals surface area contributed by atoms with Crippen molar-refractivity contribution in [2.45, 2.75) is 53.2 Å². The number of carbonyl (C=O) groups excluding carboxylic acids is 2. The minimum atomic E-state index is -0.891. The molecule has 1 atom stereocenters. The van der Waals surface area contributed by atoms with Crippen molar-refractivity contribution >= 4 is 23.0 Å². The van der Waals surface area contributed by atoms with Crippen LogP contribution in [-0.2, 0) is 22.6 Å². The fraction of sp³-hybridized carbons (Fsp3) is 0.346. The third kappa shape index (κ3) is 6.22. The molecule has 0 saturated heterocycles. The lowest BCUT2D eigenvalue weighted by molar-refractivity contribution is -0.137. The second kappa shape index (κ2) is 10.8. The summed E-state index contributed by atoms with van der Waals surface area (Å²) in [6.45, 7) is 7.67. The molecule has 3 rings (SSSR count). The molecule has 1 heterocycles. The summed E-state index contributed by atoms with van der Waals surface area (Å²) in [7, 11) is 0. The molecule has 3 aromatic rings. The van der Waals surface area contributed by atoms with Gasteiger partial charge in [0.2, 0.25) is 0 Å². The number of alkyl carbamates (subject to hydrolysis) is 1. The summed E-state index contributed by atoms with van der Waals surface area (Å²) >= 11 is 0. The molecule has 33 heavy (non-hydrogen) atoms. The van der Waals surface area contributed by atoms with E-state index in [4.69, 9.17) is 13.9 Å². The average molecular weight is 452 g/mol. The number of nitrogens with one attached hydrogen (secondary N) is 1. The van der Waals surface area contributed by atoms with Crippen molar-refractivity contribution in [2.24, 2.45) is 5.92 Å². The molecule has 0 fully saturated rings. The first-order chi connectivity index (χ1) is 15.8. The summed E-state index contributed by atoms with van der Waals surface area (Å²) in [5.74, 6) is -0.214. The summed E-state index contributed by atoms with van der Waals surface area (Å²) in [5, 5.41) is 3.42. The van der Waals surface area contributed by atoms with Crippen molar-refractivity contribution in [3.8, 4) is 5.75 Å². The summed E-state index contributed by atoms with van der Waals surface area (Å²) in [6.07, 6.45) is 0.350. The minimum absolute atomic E-state index is 0.0959. The van der Waals surface area contributed by atoms with E-state index in [1.165, 1.54) is 6.07 Å². The first-order valence-corrected chi connectivity index (χ1v) is 11.0. The molecule has 2 aromatic carbocycles. The molecule has 0 aliphatic heterocycles. The zero-order valence-corrected chi connectivity index (χ0v) is 19.3. The average Bonchev–Trinajstić information content (AvgIpc) is 2.79. The van der Waals surface area contributed by atoms with Crippen molar-refractivity contribution in [1.29, 1.82) is 0 Å². The van der Waals surface area contributed by atoms with Crippen molar-refractivity contribution in [2.75, 3.05) is 0 Å². The Balaban J connectivity index is 1.75. The topological polar surface area (TPSA) is 94.8 Å². The molecule has 0 radical (unpaired) electrons. The number of carbonyl (C=O) groups is 2. The van der Waals surface area contributed by atoms with Crippen LogP contribution in [0.3, 0.4) is 0 Å². The molecule has 7 nitrogen and oxygen atoms in total. The van der Waals surface area contributed by atoms with Gasteiger partial charge >= 0.3 is 17.7 Å². The van der Waals surface area contributed by atoms with Crippen LogP contribution in [-0.4, -0.2) is 18.1 Å². The Morgan fingerprint density at radius 3 is 2.48 bits per heavy atom. The molecule has 0 aliphatic carbocycles. The quantitative estimate of drug-likeness (QED) is 0.297. The third-order valence-electron chi connectivity index (χ3n) is 5.28. The lowest BCUT2D eigenvalue weighted by atomic mass is 10.0. The second-order valence-corrected chi connectivity index (χ2v) is 8.32. The summed E-state index contributed by atoms with van der Waals surface area (Å²) in [5.41, 5.74) is 2.19. The molecule has 174 valence electrons. The van der Waals surface area contributed by atoms with Crippen LogP contribution in [0, 0.1) is 12.8 Å². The van der Waals surface area contributed by atoms with Crippen LogP contribution in [0.4, 0.5) is 4.79 Å². The molecule has 1 N–H and O–H groups in total. The Morgan fingerprint density at radius 2 is 1.82 bits per heavy atom. The maximum atomic E-state index is 13.0. The van der Waals surface area contributed by atoms with Crippen LogP contribution in [0.5, 0.6) is 5.75 Å². The molecule has 0 unspecified atom stereocenters. The molecule has 0 spiro atoms. The number of amides is 1. The number of hydrogen-bond donors (Lipinski definition) is 1. The molecule has 1 aromatic heterocycles. The van der Waals surface area contributed by atoms with E-state index < -0.39 is 23.7 Å². The van der Waals surface area contributed by atoms with Gasteiger partial charge in [-0.05, 0) is 48.9 Å². The van der Waals surface area contributed by atoms with Crippen molar-refractivity contribution in [3.63, 3.8) is 0 Å². The Hall–Kier alpha value is -3.61. The van der Waals surface area contributed by atoms with Gasteiger partial charge in [0, 0.05) is 17.0 Å². The number of hydrogen-bond acceptors (Lipinski definition) is 6. The maximum absolute atomic E-state index is 13.0.